The quantitative estimate of drug-likeness (QED) is 0.717. The number of benzene rings is 1. The molecule has 0 N–H and O–H groups in total. The number of nitrogens with zero attached hydrogens (tertiary/aromatic N) is 1. The molecule has 0 unspecified atom stereocenters. The Morgan fingerprint density at radius 1 is 1.26 bits per heavy atom. The number of thioether (sulfide) groups is 1. The van der Waals surface area contributed by atoms with Crippen LogP contribution in [0.4, 0.5) is 0 Å². The minimum absolute atomic E-state index is 0.0323. The van der Waals surface area contributed by atoms with Crippen LogP contribution in [0, 0.1) is 0 Å². The Bertz CT molecular complexity index is 408. The van der Waals surface area contributed by atoms with Crippen molar-refractivity contribution in [2.45, 2.75) is 12.2 Å². The van der Waals surface area contributed by atoms with Gasteiger partial charge in [-0.25, -0.2) is 0 Å². The molecule has 0 fully saturated rings. The Morgan fingerprint density at radius 3 is 2.58 bits per heavy atom. The molecule has 0 heterocycles. The minimum Gasteiger partial charge on any atom is -0.469 e. The summed E-state index contributed by atoms with van der Waals surface area (Å²) in [4.78, 5) is 24.3. The zero-order valence-electron chi connectivity index (χ0n) is 11.3. The molecule has 5 heteroatoms. The van der Waals surface area contributed by atoms with Crippen molar-refractivity contribution >= 4 is 23.6 Å². The van der Waals surface area contributed by atoms with Gasteiger partial charge in [0.05, 0.1) is 19.3 Å². The van der Waals surface area contributed by atoms with Crippen molar-refractivity contribution in [2.75, 3.05) is 26.5 Å². The van der Waals surface area contributed by atoms with Gasteiger partial charge in [-0.15, -0.1) is 11.8 Å². The zero-order chi connectivity index (χ0) is 14.1. The molecule has 19 heavy (non-hydrogen) atoms. The second kappa shape index (κ2) is 8.58. The van der Waals surface area contributed by atoms with Crippen molar-refractivity contribution in [2.24, 2.45) is 0 Å². The van der Waals surface area contributed by atoms with Gasteiger partial charge in [-0.05, 0) is 5.56 Å². The summed E-state index contributed by atoms with van der Waals surface area (Å²) in [6.45, 7) is 0.400. The van der Waals surface area contributed by atoms with Crippen LogP contribution in [0.5, 0.6) is 0 Å². The van der Waals surface area contributed by atoms with E-state index in [2.05, 4.69) is 4.74 Å². The summed E-state index contributed by atoms with van der Waals surface area (Å²) < 4.78 is 4.54. The molecule has 0 aliphatic heterocycles. The average molecular weight is 281 g/mol. The van der Waals surface area contributed by atoms with Crippen LogP contribution in [0.1, 0.15) is 12.0 Å². The molecule has 4 nitrogen and oxygen atoms in total. The van der Waals surface area contributed by atoms with Gasteiger partial charge >= 0.3 is 5.97 Å². The largest absolute Gasteiger partial charge is 0.469 e. The molecule has 0 atom stereocenters. The number of ether oxygens (including phenoxy) is 1. The molecule has 1 amide bonds. The highest BCUT2D eigenvalue weighted by atomic mass is 32.2. The molecule has 0 bridgehead atoms. The first-order valence-electron chi connectivity index (χ1n) is 6.06. The van der Waals surface area contributed by atoms with Crippen molar-refractivity contribution in [3.63, 3.8) is 0 Å². The minimum atomic E-state index is -0.295. The molecule has 1 rings (SSSR count). The first-order chi connectivity index (χ1) is 9.13. The fourth-order valence-electron chi connectivity index (χ4n) is 1.43. The number of methoxy groups -OCH3 is 1. The number of carbonyl (C=O) groups is 2. The third-order valence-corrected chi connectivity index (χ3v) is 3.63. The van der Waals surface area contributed by atoms with Gasteiger partial charge in [0.2, 0.25) is 5.91 Å². The highest BCUT2D eigenvalue weighted by Gasteiger charge is 2.10. The van der Waals surface area contributed by atoms with Gasteiger partial charge in [-0.3, -0.25) is 9.59 Å². The van der Waals surface area contributed by atoms with Crippen molar-refractivity contribution in [3.05, 3.63) is 35.9 Å². The van der Waals surface area contributed by atoms with E-state index in [-0.39, 0.29) is 18.3 Å². The molecular formula is C14H19NO3S. The van der Waals surface area contributed by atoms with Crippen LogP contribution in [-0.4, -0.2) is 43.2 Å². The van der Waals surface area contributed by atoms with E-state index in [1.807, 2.05) is 30.3 Å². The molecule has 0 aliphatic carbocycles. The molecule has 0 saturated heterocycles. The molecule has 1 aromatic rings. The molecular weight excluding hydrogens is 262 g/mol. The van der Waals surface area contributed by atoms with Crippen LogP contribution in [0.15, 0.2) is 30.3 Å². The summed E-state index contributed by atoms with van der Waals surface area (Å²) in [6.07, 6.45) is 0.238. The zero-order valence-corrected chi connectivity index (χ0v) is 12.1. The van der Waals surface area contributed by atoms with E-state index in [1.165, 1.54) is 12.7 Å². The average Bonchev–Trinajstić information content (AvgIpc) is 2.45. The highest BCUT2D eigenvalue weighted by Crippen LogP contribution is 2.12. The predicted octanol–water partition coefficient (Wildman–Crippen LogP) is 1.94. The molecule has 104 valence electrons. The summed E-state index contributed by atoms with van der Waals surface area (Å²) in [5.41, 5.74) is 1.21. The highest BCUT2D eigenvalue weighted by molar-refractivity contribution is 7.99. The van der Waals surface area contributed by atoms with Crippen LogP contribution >= 0.6 is 11.8 Å². The van der Waals surface area contributed by atoms with Gasteiger partial charge in [0, 0.05) is 19.3 Å². The van der Waals surface area contributed by atoms with E-state index < -0.39 is 0 Å². The molecule has 0 saturated carbocycles. The monoisotopic (exact) mass is 281 g/mol. The Hall–Kier alpha value is -1.49. The van der Waals surface area contributed by atoms with E-state index in [9.17, 15) is 9.59 Å². The van der Waals surface area contributed by atoms with E-state index in [1.54, 1.807) is 23.7 Å². The summed E-state index contributed by atoms with van der Waals surface area (Å²) in [7, 11) is 3.05. The lowest BCUT2D eigenvalue weighted by atomic mass is 10.2. The second-order valence-electron chi connectivity index (χ2n) is 4.12. The van der Waals surface area contributed by atoms with Crippen LogP contribution in [-0.2, 0) is 20.1 Å². The van der Waals surface area contributed by atoms with Crippen LogP contribution < -0.4 is 0 Å². The van der Waals surface area contributed by atoms with Crippen LogP contribution in [0.2, 0.25) is 0 Å². The van der Waals surface area contributed by atoms with Gasteiger partial charge in [0.25, 0.3) is 0 Å². The van der Waals surface area contributed by atoms with E-state index in [0.717, 1.165) is 5.75 Å². The molecule has 0 aromatic heterocycles. The van der Waals surface area contributed by atoms with E-state index in [4.69, 9.17) is 0 Å². The SMILES string of the molecule is COC(=O)CCN(C)C(=O)CSCc1ccccc1. The molecule has 0 spiro atoms. The smallest absolute Gasteiger partial charge is 0.307 e. The number of hydrogen-bond acceptors (Lipinski definition) is 4. The Balaban J connectivity index is 2.21. The Morgan fingerprint density at radius 2 is 1.95 bits per heavy atom. The number of carbonyl (C=O) groups excluding carboxylic acids is 2. The lowest BCUT2D eigenvalue weighted by molar-refractivity contribution is -0.141. The van der Waals surface area contributed by atoms with Crippen molar-refractivity contribution in [1.82, 2.24) is 4.90 Å². The summed E-state index contributed by atoms with van der Waals surface area (Å²) in [5, 5.41) is 0. The van der Waals surface area contributed by atoms with Crippen LogP contribution in [0.25, 0.3) is 0 Å². The fourth-order valence-corrected chi connectivity index (χ4v) is 2.35. The maximum absolute atomic E-state index is 11.8. The number of amides is 1. The van der Waals surface area contributed by atoms with Gasteiger partial charge in [-0.1, -0.05) is 30.3 Å². The Kier molecular flexibility index (Phi) is 7.03. The maximum Gasteiger partial charge on any atom is 0.307 e. The van der Waals surface area contributed by atoms with Gasteiger partial charge in [-0.2, -0.15) is 0 Å². The summed E-state index contributed by atoms with van der Waals surface area (Å²) >= 11 is 1.58. The molecule has 1 aromatic carbocycles. The van der Waals surface area contributed by atoms with Crippen LogP contribution in [0.3, 0.4) is 0 Å². The lowest BCUT2D eigenvalue weighted by Crippen LogP contribution is -2.30. The van der Waals surface area contributed by atoms with Crippen molar-refractivity contribution in [3.8, 4) is 0 Å². The molecule has 0 aliphatic rings. The third kappa shape index (κ3) is 6.29. The first-order valence-corrected chi connectivity index (χ1v) is 7.21. The topological polar surface area (TPSA) is 46.6 Å². The van der Waals surface area contributed by atoms with Crippen molar-refractivity contribution < 1.29 is 14.3 Å². The molecule has 0 radical (unpaired) electrons. The van der Waals surface area contributed by atoms with Gasteiger partial charge in [0.1, 0.15) is 0 Å². The van der Waals surface area contributed by atoms with Gasteiger partial charge < -0.3 is 9.64 Å². The van der Waals surface area contributed by atoms with E-state index in [0.29, 0.717) is 12.3 Å². The fraction of sp³-hybridized carbons (Fsp3) is 0.429. The van der Waals surface area contributed by atoms with Gasteiger partial charge in [0.15, 0.2) is 0 Å². The Labute approximate surface area is 118 Å². The summed E-state index contributed by atoms with van der Waals surface area (Å²) in [5.74, 6) is 0.977. The number of esters is 1. The van der Waals surface area contributed by atoms with E-state index >= 15 is 0 Å². The number of rotatable bonds is 7. The third-order valence-electron chi connectivity index (χ3n) is 2.64. The van der Waals surface area contributed by atoms with Crippen molar-refractivity contribution in [1.29, 1.82) is 0 Å². The summed E-state index contributed by atoms with van der Waals surface area (Å²) in [6, 6.07) is 10.0. The lowest BCUT2D eigenvalue weighted by Gasteiger charge is -2.16. The normalized spacial score (nSPS) is 10.0. The second-order valence-corrected chi connectivity index (χ2v) is 5.11. The first kappa shape index (κ1) is 15.6. The maximum atomic E-state index is 11.8. The standard InChI is InChI=1S/C14H19NO3S/c1-15(9-8-14(17)18-2)13(16)11-19-10-12-6-4-3-5-7-12/h3-7H,8-11H2,1-2H3. The number of hydrogen-bond donors (Lipinski definition) is 0. The predicted molar refractivity (Wildman–Crippen MR) is 76.9 cm³/mol.